The van der Waals surface area contributed by atoms with Gasteiger partial charge in [-0.25, -0.2) is 9.36 Å². The Kier molecular flexibility index (Phi) is 16.8. The van der Waals surface area contributed by atoms with Crippen molar-refractivity contribution in [3.8, 4) is 11.5 Å². The third-order valence-corrected chi connectivity index (χ3v) is 10.5. The standard InChI is InChI=1S/C35H57O10P.K/c1-21(2)12-9-13-22(3)14-10-15-23(4)16-11-18-35(8)19-17-27-26(7)30(24(5)25(6)31(27)43-35)44-46(40,41)45-33-29(38)32(28(37)20-36)42-34(33)39;/h21-23,28,32,36-38H,9-20H2,1-8H3,(H,40,41);/q;+1/p-1. The first-order valence-corrected chi connectivity index (χ1v) is 18.4. The molecule has 0 fully saturated rings. The van der Waals surface area contributed by atoms with Crippen molar-refractivity contribution in [3.63, 3.8) is 0 Å². The van der Waals surface area contributed by atoms with E-state index in [1.165, 1.54) is 38.5 Å². The number of carbonyl (C=O) groups is 1. The molecule has 0 radical (unpaired) electrons. The normalized spacial score (nSPS) is 22.5. The molecule has 2 aliphatic rings. The van der Waals surface area contributed by atoms with Crippen LogP contribution < -0.4 is 65.5 Å². The summed E-state index contributed by atoms with van der Waals surface area (Å²) >= 11 is 0. The minimum Gasteiger partial charge on any atom is -0.736 e. The first kappa shape index (κ1) is 42.5. The zero-order valence-corrected chi connectivity index (χ0v) is 34.0. The maximum absolute atomic E-state index is 12.9. The first-order chi connectivity index (χ1) is 21.5. The van der Waals surface area contributed by atoms with Crippen LogP contribution in [0, 0.1) is 38.5 Å². The maximum Gasteiger partial charge on any atom is 1.00 e. The Morgan fingerprint density at radius 1 is 0.957 bits per heavy atom. The van der Waals surface area contributed by atoms with Crippen molar-refractivity contribution in [2.75, 3.05) is 6.61 Å². The molecule has 6 unspecified atom stereocenters. The number of aliphatic hydroxyl groups excluding tert-OH is 3. The van der Waals surface area contributed by atoms with E-state index in [9.17, 15) is 24.5 Å². The zero-order chi connectivity index (χ0) is 34.4. The second-order valence-electron chi connectivity index (χ2n) is 14.3. The molecule has 1 aromatic carbocycles. The average molecular weight is 707 g/mol. The molecule has 0 saturated heterocycles. The third kappa shape index (κ3) is 11.7. The summed E-state index contributed by atoms with van der Waals surface area (Å²) < 4.78 is 34.5. The van der Waals surface area contributed by atoms with Crippen LogP contribution in [-0.4, -0.2) is 45.7 Å². The van der Waals surface area contributed by atoms with E-state index in [4.69, 9.17) is 23.6 Å². The molecule has 0 spiro atoms. The molecule has 1 aromatic rings. The van der Waals surface area contributed by atoms with Crippen molar-refractivity contribution >= 4 is 13.8 Å². The van der Waals surface area contributed by atoms with Gasteiger partial charge in [-0.3, -0.25) is 0 Å². The fraction of sp³-hybridized carbons (Fsp3) is 0.743. The van der Waals surface area contributed by atoms with Gasteiger partial charge < -0.3 is 38.7 Å². The van der Waals surface area contributed by atoms with E-state index in [2.05, 4.69) is 34.6 Å². The molecule has 2 aliphatic heterocycles. The number of fused-ring (bicyclic) bond motifs is 1. The summed E-state index contributed by atoms with van der Waals surface area (Å²) in [5.74, 6) is -0.170. The molecule has 0 saturated carbocycles. The minimum absolute atomic E-state index is 0. The number of phosphoric acid groups is 1. The Hall–Kier alpha value is -0.624. The number of carbonyl (C=O) groups excluding carboxylic acids is 1. The molecule has 2 heterocycles. The quantitative estimate of drug-likeness (QED) is 0.116. The number of cyclic esters (lactones) is 1. The molecule has 12 heteroatoms. The molecule has 0 aliphatic carbocycles. The van der Waals surface area contributed by atoms with E-state index in [0.717, 1.165) is 54.4 Å². The Morgan fingerprint density at radius 2 is 1.53 bits per heavy atom. The minimum atomic E-state index is -5.24. The fourth-order valence-corrected chi connectivity index (χ4v) is 7.46. The van der Waals surface area contributed by atoms with Crippen LogP contribution in [0.1, 0.15) is 121 Å². The van der Waals surface area contributed by atoms with Crippen molar-refractivity contribution in [3.05, 3.63) is 33.8 Å². The SMILES string of the molecule is Cc1c(C)c2c(c(C)c1OP(=O)([O-])OC1=C(O)C(C(O)CO)OC1=O)CCC(C)(CCCC(C)CCCC(C)CCCC(C)C)O2.[K+]. The van der Waals surface area contributed by atoms with Crippen LogP contribution in [0.4, 0.5) is 0 Å². The van der Waals surface area contributed by atoms with Gasteiger partial charge in [-0.15, -0.1) is 0 Å². The number of hydrogen-bond acceptors (Lipinski definition) is 10. The van der Waals surface area contributed by atoms with Crippen LogP contribution in [0.5, 0.6) is 11.5 Å². The number of esters is 1. The smallest absolute Gasteiger partial charge is 0.736 e. The molecule has 3 N–H and O–H groups in total. The van der Waals surface area contributed by atoms with Gasteiger partial charge in [0.1, 0.15) is 23.2 Å². The number of aliphatic hydroxyl groups is 3. The molecule has 47 heavy (non-hydrogen) atoms. The molecule has 262 valence electrons. The van der Waals surface area contributed by atoms with Crippen LogP contribution in [0.15, 0.2) is 11.5 Å². The van der Waals surface area contributed by atoms with E-state index in [1.807, 2.05) is 6.92 Å². The Morgan fingerprint density at radius 3 is 2.11 bits per heavy atom. The third-order valence-electron chi connectivity index (χ3n) is 9.70. The molecule has 0 amide bonds. The number of phosphoric ester groups is 1. The largest absolute Gasteiger partial charge is 1.00 e. The van der Waals surface area contributed by atoms with E-state index in [0.29, 0.717) is 23.5 Å². The molecule has 3 rings (SSSR count). The van der Waals surface area contributed by atoms with Gasteiger partial charge >= 0.3 is 65.2 Å². The number of rotatable bonds is 18. The Bertz CT molecular complexity index is 1300. The monoisotopic (exact) mass is 706 g/mol. The Balaban J connectivity index is 0.00000768. The molecular formula is C35H56KO10P. The van der Waals surface area contributed by atoms with E-state index in [-0.39, 0.29) is 62.7 Å². The van der Waals surface area contributed by atoms with Gasteiger partial charge in [-0.05, 0) is 87.8 Å². The number of hydrogen-bond donors (Lipinski definition) is 3. The summed E-state index contributed by atoms with van der Waals surface area (Å²) in [5, 5.41) is 29.0. The molecular weight excluding hydrogens is 650 g/mol. The number of benzene rings is 1. The van der Waals surface area contributed by atoms with Crippen LogP contribution in [0.3, 0.4) is 0 Å². The zero-order valence-electron chi connectivity index (χ0n) is 30.0. The van der Waals surface area contributed by atoms with Gasteiger partial charge in [0.2, 0.25) is 0 Å². The predicted octanol–water partition coefficient (Wildman–Crippen LogP) is 4.05. The second-order valence-corrected chi connectivity index (χ2v) is 15.6. The summed E-state index contributed by atoms with van der Waals surface area (Å²) in [6.07, 6.45) is 9.16. The summed E-state index contributed by atoms with van der Waals surface area (Å²) in [4.78, 5) is 25.0. The summed E-state index contributed by atoms with van der Waals surface area (Å²) in [5.41, 5.74) is 2.43. The molecule has 10 nitrogen and oxygen atoms in total. The summed E-state index contributed by atoms with van der Waals surface area (Å²) in [6, 6.07) is 0. The van der Waals surface area contributed by atoms with Crippen molar-refractivity contribution in [2.24, 2.45) is 17.8 Å². The van der Waals surface area contributed by atoms with Crippen molar-refractivity contribution in [2.45, 2.75) is 144 Å². The van der Waals surface area contributed by atoms with Gasteiger partial charge in [-0.2, -0.15) is 0 Å². The van der Waals surface area contributed by atoms with E-state index < -0.39 is 44.1 Å². The topological polar surface area (TPSA) is 155 Å². The average Bonchev–Trinajstić information content (AvgIpc) is 3.25. The van der Waals surface area contributed by atoms with E-state index in [1.54, 1.807) is 13.8 Å². The predicted molar refractivity (Wildman–Crippen MR) is 175 cm³/mol. The molecule has 0 aromatic heterocycles. The maximum atomic E-state index is 12.9. The summed E-state index contributed by atoms with van der Waals surface area (Å²) in [7, 11) is -5.24. The van der Waals surface area contributed by atoms with E-state index >= 15 is 0 Å². The second kappa shape index (κ2) is 18.6. The van der Waals surface area contributed by atoms with Crippen LogP contribution in [-0.2, 0) is 25.0 Å². The van der Waals surface area contributed by atoms with Crippen molar-refractivity contribution in [1.29, 1.82) is 0 Å². The molecule has 0 bridgehead atoms. The van der Waals surface area contributed by atoms with Crippen molar-refractivity contribution < 1.29 is 99.5 Å². The van der Waals surface area contributed by atoms with Crippen LogP contribution in [0.25, 0.3) is 0 Å². The Labute approximate surface area is 324 Å². The first-order valence-electron chi connectivity index (χ1n) is 16.9. The van der Waals surface area contributed by atoms with Gasteiger partial charge in [0.25, 0.3) is 5.76 Å². The van der Waals surface area contributed by atoms with Gasteiger partial charge in [0.05, 0.1) is 6.61 Å². The van der Waals surface area contributed by atoms with Gasteiger partial charge in [-0.1, -0.05) is 72.6 Å². The fourth-order valence-electron chi connectivity index (χ4n) is 6.54. The molecule has 6 atom stereocenters. The van der Waals surface area contributed by atoms with Crippen LogP contribution in [0.2, 0.25) is 0 Å². The van der Waals surface area contributed by atoms with Gasteiger partial charge in [0.15, 0.2) is 11.9 Å². The van der Waals surface area contributed by atoms with Crippen molar-refractivity contribution in [1.82, 2.24) is 0 Å². The number of ether oxygens (including phenoxy) is 2. The summed E-state index contributed by atoms with van der Waals surface area (Å²) in [6.45, 7) is 16.0. The van der Waals surface area contributed by atoms with Gasteiger partial charge in [0, 0.05) is 5.56 Å². The van der Waals surface area contributed by atoms with Crippen LogP contribution >= 0.6 is 7.82 Å².